The third-order valence-corrected chi connectivity index (χ3v) is 4.40. The molecule has 0 bridgehead atoms. The molecule has 0 fully saturated rings. The number of benzene rings is 2. The molecule has 0 atom stereocenters. The molecule has 0 aliphatic rings. The fourth-order valence-corrected chi connectivity index (χ4v) is 3.01. The van der Waals surface area contributed by atoms with Gasteiger partial charge in [-0.25, -0.2) is 0 Å². The largest absolute Gasteiger partial charge is 0.497 e. The Morgan fingerprint density at radius 1 is 1.12 bits per heavy atom. The van der Waals surface area contributed by atoms with E-state index in [0.29, 0.717) is 12.4 Å². The third-order valence-electron chi connectivity index (χ3n) is 4.40. The summed E-state index contributed by atoms with van der Waals surface area (Å²) in [5, 5.41) is 7.83. The number of aromatic amines is 1. The van der Waals surface area contributed by atoms with Gasteiger partial charge in [-0.1, -0.05) is 18.2 Å². The molecule has 2 aromatic heterocycles. The molecule has 0 unspecified atom stereocenters. The minimum atomic E-state index is -0.0524. The number of hydrogen-bond donors (Lipinski definition) is 2. The summed E-state index contributed by atoms with van der Waals surface area (Å²) >= 11 is 0. The molecule has 0 aliphatic carbocycles. The number of nitrogen functional groups attached to an aromatic ring is 1. The summed E-state index contributed by atoms with van der Waals surface area (Å²) in [5.41, 5.74) is 9.57. The number of aromatic nitrogens is 3. The van der Waals surface area contributed by atoms with Gasteiger partial charge in [0.1, 0.15) is 5.75 Å². The highest BCUT2D eigenvalue weighted by molar-refractivity contribution is 5.91. The maximum Gasteiger partial charge on any atom is 0.250 e. The first-order chi connectivity index (χ1) is 12.6. The van der Waals surface area contributed by atoms with Gasteiger partial charge < -0.3 is 15.0 Å². The van der Waals surface area contributed by atoms with Crippen LogP contribution < -0.4 is 16.0 Å². The molecule has 0 aliphatic heterocycles. The van der Waals surface area contributed by atoms with Gasteiger partial charge in [-0.15, -0.1) is 0 Å². The average Bonchev–Trinajstić information content (AvgIpc) is 3.04. The second kappa shape index (κ2) is 6.40. The number of H-pyrrole nitrogens is 1. The van der Waals surface area contributed by atoms with E-state index in [9.17, 15) is 4.79 Å². The van der Waals surface area contributed by atoms with Crippen LogP contribution >= 0.6 is 0 Å². The number of methoxy groups -OCH3 is 1. The van der Waals surface area contributed by atoms with Gasteiger partial charge in [0.25, 0.3) is 5.56 Å². The predicted molar refractivity (Wildman–Crippen MR) is 102 cm³/mol. The molecule has 4 rings (SSSR count). The minimum absolute atomic E-state index is 0.0524. The molecule has 6 nitrogen and oxygen atoms in total. The Labute approximate surface area is 149 Å². The van der Waals surface area contributed by atoms with E-state index in [-0.39, 0.29) is 5.56 Å². The Kier molecular flexibility index (Phi) is 3.93. The maximum atomic E-state index is 12.3. The van der Waals surface area contributed by atoms with Crippen molar-refractivity contribution in [1.29, 1.82) is 0 Å². The molecular weight excluding hydrogens is 328 g/mol. The van der Waals surface area contributed by atoms with E-state index in [1.54, 1.807) is 17.7 Å². The van der Waals surface area contributed by atoms with Crippen molar-refractivity contribution < 1.29 is 4.74 Å². The van der Waals surface area contributed by atoms with Gasteiger partial charge >= 0.3 is 0 Å². The van der Waals surface area contributed by atoms with Crippen LogP contribution in [0, 0.1) is 0 Å². The Bertz CT molecular complexity index is 1140. The van der Waals surface area contributed by atoms with E-state index < -0.39 is 0 Å². The van der Waals surface area contributed by atoms with Crippen molar-refractivity contribution >= 4 is 16.7 Å². The molecule has 0 radical (unpaired) electrons. The topological polar surface area (TPSA) is 85.9 Å². The Balaban J connectivity index is 1.71. The number of nitrogens with two attached hydrogens (primary N) is 1. The van der Waals surface area contributed by atoms with E-state index in [2.05, 4.69) is 10.2 Å². The lowest BCUT2D eigenvalue weighted by molar-refractivity contribution is 0.414. The van der Waals surface area contributed by atoms with Crippen LogP contribution in [-0.4, -0.2) is 21.9 Å². The number of pyridine rings is 1. The molecule has 2 heterocycles. The highest BCUT2D eigenvalue weighted by Gasteiger charge is 2.07. The normalized spacial score (nSPS) is 11.0. The Morgan fingerprint density at radius 3 is 2.81 bits per heavy atom. The average molecular weight is 346 g/mol. The van der Waals surface area contributed by atoms with Gasteiger partial charge in [0.15, 0.2) is 5.82 Å². The zero-order valence-electron chi connectivity index (χ0n) is 14.3. The number of ether oxygens (including phenoxy) is 1. The lowest BCUT2D eigenvalue weighted by Gasteiger charge is -2.10. The predicted octanol–water partition coefficient (Wildman–Crippen LogP) is 3.03. The Morgan fingerprint density at radius 2 is 1.96 bits per heavy atom. The van der Waals surface area contributed by atoms with Crippen LogP contribution in [0.15, 0.2) is 65.6 Å². The fourth-order valence-electron chi connectivity index (χ4n) is 3.01. The summed E-state index contributed by atoms with van der Waals surface area (Å²) in [4.78, 5) is 12.3. The van der Waals surface area contributed by atoms with Crippen molar-refractivity contribution in [3.8, 4) is 16.9 Å². The van der Waals surface area contributed by atoms with Gasteiger partial charge in [0.2, 0.25) is 0 Å². The number of nitrogens with one attached hydrogen (secondary N) is 1. The quantitative estimate of drug-likeness (QED) is 0.595. The van der Waals surface area contributed by atoms with Gasteiger partial charge in [0.05, 0.1) is 19.2 Å². The summed E-state index contributed by atoms with van der Waals surface area (Å²) in [5.74, 6) is 1.25. The number of nitrogens with zero attached hydrogens (tertiary/aromatic N) is 2. The zero-order valence-corrected chi connectivity index (χ0v) is 14.3. The highest BCUT2D eigenvalue weighted by atomic mass is 16.5. The van der Waals surface area contributed by atoms with Crippen molar-refractivity contribution in [3.05, 3.63) is 76.7 Å². The molecular formula is C20H18N4O2. The first-order valence-corrected chi connectivity index (χ1v) is 8.21. The van der Waals surface area contributed by atoms with E-state index in [1.165, 1.54) is 0 Å². The summed E-state index contributed by atoms with van der Waals surface area (Å²) in [6.07, 6.45) is 1.86. The minimum Gasteiger partial charge on any atom is -0.497 e. The second-order valence-corrected chi connectivity index (χ2v) is 6.10. The molecule has 4 aromatic rings. The van der Waals surface area contributed by atoms with E-state index in [0.717, 1.165) is 33.3 Å². The smallest absolute Gasteiger partial charge is 0.250 e. The van der Waals surface area contributed by atoms with Crippen LogP contribution in [0.2, 0.25) is 0 Å². The number of hydrogen-bond acceptors (Lipinski definition) is 4. The molecule has 0 saturated carbocycles. The molecule has 2 aromatic carbocycles. The van der Waals surface area contributed by atoms with Gasteiger partial charge in [0, 0.05) is 17.6 Å². The van der Waals surface area contributed by atoms with Crippen molar-refractivity contribution in [2.75, 3.05) is 12.8 Å². The number of anilines is 1. The molecule has 0 spiro atoms. The summed E-state index contributed by atoms with van der Waals surface area (Å²) in [6, 6.07) is 17.0. The molecule has 0 saturated heterocycles. The standard InChI is InChI=1S/C20H18N4O2/c1-26-16-4-2-3-13(9-16)11-24-12-15(6-8-19(24)25)14-5-7-17-18(10-14)22-23-20(17)21/h2-10,12H,11H2,1H3,(H3,21,22,23). The van der Waals surface area contributed by atoms with Crippen LogP contribution in [0.5, 0.6) is 5.75 Å². The summed E-state index contributed by atoms with van der Waals surface area (Å²) in [7, 11) is 1.63. The Hall–Kier alpha value is -3.54. The molecule has 0 amide bonds. The lowest BCUT2D eigenvalue weighted by Crippen LogP contribution is -2.19. The molecule has 130 valence electrons. The van der Waals surface area contributed by atoms with Gasteiger partial charge in [-0.2, -0.15) is 5.10 Å². The van der Waals surface area contributed by atoms with Crippen molar-refractivity contribution in [3.63, 3.8) is 0 Å². The summed E-state index contributed by atoms with van der Waals surface area (Å²) in [6.45, 7) is 0.475. The fraction of sp³-hybridized carbons (Fsp3) is 0.100. The zero-order chi connectivity index (χ0) is 18.1. The van der Waals surface area contributed by atoms with Crippen molar-refractivity contribution in [1.82, 2.24) is 14.8 Å². The second-order valence-electron chi connectivity index (χ2n) is 6.10. The van der Waals surface area contributed by atoms with Gasteiger partial charge in [-0.05, 0) is 47.0 Å². The molecule has 6 heteroatoms. The van der Waals surface area contributed by atoms with Crippen LogP contribution in [0.3, 0.4) is 0 Å². The van der Waals surface area contributed by atoms with Crippen molar-refractivity contribution in [2.45, 2.75) is 6.54 Å². The monoisotopic (exact) mass is 346 g/mol. The highest BCUT2D eigenvalue weighted by Crippen LogP contribution is 2.25. The maximum absolute atomic E-state index is 12.3. The van der Waals surface area contributed by atoms with Crippen LogP contribution in [-0.2, 0) is 6.54 Å². The lowest BCUT2D eigenvalue weighted by atomic mass is 10.1. The first-order valence-electron chi connectivity index (χ1n) is 8.21. The van der Waals surface area contributed by atoms with E-state index in [1.807, 2.05) is 54.7 Å². The summed E-state index contributed by atoms with van der Waals surface area (Å²) < 4.78 is 6.94. The molecule has 26 heavy (non-hydrogen) atoms. The van der Waals surface area contributed by atoms with Crippen molar-refractivity contribution in [2.24, 2.45) is 0 Å². The number of fused-ring (bicyclic) bond motifs is 1. The molecule has 3 N–H and O–H groups in total. The van der Waals surface area contributed by atoms with Gasteiger partial charge in [-0.3, -0.25) is 9.89 Å². The van der Waals surface area contributed by atoms with Crippen LogP contribution in [0.1, 0.15) is 5.56 Å². The SMILES string of the molecule is COc1cccc(Cn2cc(-c3ccc4c(N)n[nH]c4c3)ccc2=O)c1. The van der Waals surface area contributed by atoms with Crippen LogP contribution in [0.25, 0.3) is 22.0 Å². The first kappa shape index (κ1) is 16.0. The van der Waals surface area contributed by atoms with E-state index in [4.69, 9.17) is 10.5 Å². The van der Waals surface area contributed by atoms with Crippen LogP contribution in [0.4, 0.5) is 5.82 Å². The number of rotatable bonds is 4. The van der Waals surface area contributed by atoms with E-state index >= 15 is 0 Å². The third kappa shape index (κ3) is 2.93.